The van der Waals surface area contributed by atoms with Crippen molar-refractivity contribution in [2.75, 3.05) is 25.3 Å². The molecule has 36 heavy (non-hydrogen) atoms. The molecule has 0 aliphatic carbocycles. The summed E-state index contributed by atoms with van der Waals surface area (Å²) in [6.45, 7) is 3.50. The number of thiophene rings is 1. The lowest BCUT2D eigenvalue weighted by Crippen LogP contribution is -2.22. The van der Waals surface area contributed by atoms with Gasteiger partial charge in [0.2, 0.25) is 6.79 Å². The van der Waals surface area contributed by atoms with Crippen LogP contribution in [0.15, 0.2) is 46.9 Å². The number of halogens is 1. The normalized spacial score (nSPS) is 11.8. The first-order chi connectivity index (χ1) is 17.3. The van der Waals surface area contributed by atoms with E-state index >= 15 is 0 Å². The van der Waals surface area contributed by atoms with Gasteiger partial charge in [-0.1, -0.05) is 34.1 Å². The van der Waals surface area contributed by atoms with Crippen LogP contribution in [0.2, 0.25) is 0 Å². The monoisotopic (exact) mass is 573 g/mol. The molecule has 2 heterocycles. The fourth-order valence-electron chi connectivity index (χ4n) is 3.68. The van der Waals surface area contributed by atoms with E-state index in [1.54, 1.807) is 19.1 Å². The van der Waals surface area contributed by atoms with Crippen molar-refractivity contribution in [2.45, 2.75) is 26.7 Å². The van der Waals surface area contributed by atoms with Crippen molar-refractivity contribution in [1.29, 1.82) is 0 Å². The SMILES string of the molecule is CCOC(=O)c1c(NC(=O)COC(=O)Cc2ccc(Br)cc2)sc(C)c1Cc1ccc2c(c1)OCO2. The molecule has 10 heteroatoms. The van der Waals surface area contributed by atoms with Crippen molar-refractivity contribution in [1.82, 2.24) is 0 Å². The molecule has 1 N–H and O–H groups in total. The number of fused-ring (bicyclic) bond motifs is 1. The fourth-order valence-corrected chi connectivity index (χ4v) is 5.02. The molecule has 0 atom stereocenters. The largest absolute Gasteiger partial charge is 0.462 e. The van der Waals surface area contributed by atoms with Gasteiger partial charge < -0.3 is 24.3 Å². The van der Waals surface area contributed by atoms with E-state index in [2.05, 4.69) is 21.2 Å². The minimum Gasteiger partial charge on any atom is -0.462 e. The lowest BCUT2D eigenvalue weighted by Gasteiger charge is -2.10. The molecule has 0 fully saturated rings. The Morgan fingerprint density at radius 3 is 2.50 bits per heavy atom. The van der Waals surface area contributed by atoms with Gasteiger partial charge in [-0.3, -0.25) is 9.59 Å². The molecule has 8 nitrogen and oxygen atoms in total. The molecule has 0 radical (unpaired) electrons. The van der Waals surface area contributed by atoms with Crippen molar-refractivity contribution < 1.29 is 33.3 Å². The number of hydrogen-bond donors (Lipinski definition) is 1. The van der Waals surface area contributed by atoms with E-state index in [-0.39, 0.29) is 19.8 Å². The molecule has 0 saturated carbocycles. The molecule has 2 aromatic carbocycles. The van der Waals surface area contributed by atoms with Gasteiger partial charge >= 0.3 is 11.9 Å². The summed E-state index contributed by atoms with van der Waals surface area (Å²) >= 11 is 4.62. The van der Waals surface area contributed by atoms with Gasteiger partial charge in [0.15, 0.2) is 18.1 Å². The van der Waals surface area contributed by atoms with E-state index in [1.807, 2.05) is 37.3 Å². The number of aryl methyl sites for hydroxylation is 1. The first kappa shape index (κ1) is 25.7. The van der Waals surface area contributed by atoms with E-state index in [1.165, 1.54) is 11.3 Å². The average molecular weight is 574 g/mol. The second-order valence-electron chi connectivity index (χ2n) is 7.94. The van der Waals surface area contributed by atoms with Gasteiger partial charge in [0.05, 0.1) is 18.6 Å². The van der Waals surface area contributed by atoms with Gasteiger partial charge in [-0.05, 0) is 61.2 Å². The van der Waals surface area contributed by atoms with Gasteiger partial charge in [-0.2, -0.15) is 0 Å². The number of amides is 1. The van der Waals surface area contributed by atoms with Crippen LogP contribution in [-0.2, 0) is 31.9 Å². The summed E-state index contributed by atoms with van der Waals surface area (Å²) in [5.41, 5.74) is 2.74. The fraction of sp³-hybridized carbons (Fsp3) is 0.269. The molecule has 1 aliphatic rings. The zero-order chi connectivity index (χ0) is 25.7. The summed E-state index contributed by atoms with van der Waals surface area (Å²) in [5.74, 6) is -0.268. The van der Waals surface area contributed by atoms with E-state index in [9.17, 15) is 14.4 Å². The van der Waals surface area contributed by atoms with Crippen LogP contribution in [0.1, 0.15) is 38.8 Å². The molecular weight excluding hydrogens is 550 g/mol. The summed E-state index contributed by atoms with van der Waals surface area (Å²) in [6.07, 6.45) is 0.484. The van der Waals surface area contributed by atoms with Crippen molar-refractivity contribution in [2.24, 2.45) is 0 Å². The van der Waals surface area contributed by atoms with Crippen LogP contribution in [0, 0.1) is 6.92 Å². The Hall–Kier alpha value is -3.37. The van der Waals surface area contributed by atoms with Crippen LogP contribution >= 0.6 is 27.3 Å². The summed E-state index contributed by atoms with van der Waals surface area (Å²) in [4.78, 5) is 38.4. The van der Waals surface area contributed by atoms with E-state index in [4.69, 9.17) is 18.9 Å². The highest BCUT2D eigenvalue weighted by Crippen LogP contribution is 2.37. The molecule has 0 spiro atoms. The van der Waals surface area contributed by atoms with E-state index in [0.717, 1.165) is 26.0 Å². The van der Waals surface area contributed by atoms with Crippen LogP contribution in [0.25, 0.3) is 0 Å². The number of ether oxygens (including phenoxy) is 4. The molecule has 188 valence electrons. The number of hydrogen-bond acceptors (Lipinski definition) is 8. The van der Waals surface area contributed by atoms with Crippen molar-refractivity contribution >= 4 is 50.1 Å². The van der Waals surface area contributed by atoms with E-state index < -0.39 is 24.5 Å². The minimum atomic E-state index is -0.541. The first-order valence-electron chi connectivity index (χ1n) is 11.2. The Kier molecular flexibility index (Phi) is 8.27. The first-order valence-corrected chi connectivity index (χ1v) is 12.8. The lowest BCUT2D eigenvalue weighted by molar-refractivity contribution is -0.146. The molecule has 0 unspecified atom stereocenters. The number of esters is 2. The Morgan fingerprint density at radius 2 is 1.75 bits per heavy atom. The molecule has 1 aromatic heterocycles. The Bertz CT molecular complexity index is 1290. The highest BCUT2D eigenvalue weighted by molar-refractivity contribution is 9.10. The third-order valence-electron chi connectivity index (χ3n) is 5.39. The predicted octanol–water partition coefficient (Wildman–Crippen LogP) is 5.04. The number of rotatable bonds is 9. The lowest BCUT2D eigenvalue weighted by atomic mass is 10.0. The standard InChI is InChI=1S/C26H24BrNO7S/c1-3-32-26(31)24-19(10-17-6-9-20-21(11-17)35-14-34-20)15(2)36-25(24)28-22(29)13-33-23(30)12-16-4-7-18(27)8-5-16/h4-9,11H,3,10,12-14H2,1-2H3,(H,28,29). The highest BCUT2D eigenvalue weighted by Gasteiger charge is 2.25. The van der Waals surface area contributed by atoms with Gasteiger partial charge in [-0.25, -0.2) is 4.79 Å². The van der Waals surface area contributed by atoms with Gasteiger partial charge in [-0.15, -0.1) is 11.3 Å². The molecule has 4 rings (SSSR count). The van der Waals surface area contributed by atoms with Crippen LogP contribution in [-0.4, -0.2) is 37.9 Å². The van der Waals surface area contributed by atoms with Gasteiger partial charge in [0.25, 0.3) is 5.91 Å². The van der Waals surface area contributed by atoms with Gasteiger partial charge in [0.1, 0.15) is 5.00 Å². The quantitative estimate of drug-likeness (QED) is 0.358. The maximum Gasteiger partial charge on any atom is 0.341 e. The van der Waals surface area contributed by atoms with Crippen LogP contribution in [0.4, 0.5) is 5.00 Å². The van der Waals surface area contributed by atoms with Crippen molar-refractivity contribution in [3.63, 3.8) is 0 Å². The zero-order valence-corrected chi connectivity index (χ0v) is 22.1. The Balaban J connectivity index is 1.45. The highest BCUT2D eigenvalue weighted by atomic mass is 79.9. The third kappa shape index (κ3) is 6.24. The Labute approximate surface area is 220 Å². The Morgan fingerprint density at radius 1 is 1.03 bits per heavy atom. The predicted molar refractivity (Wildman–Crippen MR) is 138 cm³/mol. The van der Waals surface area contributed by atoms with Crippen LogP contribution < -0.4 is 14.8 Å². The number of benzene rings is 2. The van der Waals surface area contributed by atoms with Crippen molar-refractivity contribution in [3.8, 4) is 11.5 Å². The smallest absolute Gasteiger partial charge is 0.341 e. The molecular formula is C26H24BrNO7S. The number of anilines is 1. The van der Waals surface area contributed by atoms with Crippen LogP contribution in [0.5, 0.6) is 11.5 Å². The summed E-state index contributed by atoms with van der Waals surface area (Å²) < 4.78 is 22.1. The third-order valence-corrected chi connectivity index (χ3v) is 6.98. The van der Waals surface area contributed by atoms with E-state index in [0.29, 0.717) is 28.5 Å². The minimum absolute atomic E-state index is 0.0480. The summed E-state index contributed by atoms with van der Waals surface area (Å²) in [7, 11) is 0. The summed E-state index contributed by atoms with van der Waals surface area (Å²) in [6, 6.07) is 12.9. The zero-order valence-electron chi connectivity index (χ0n) is 19.7. The van der Waals surface area contributed by atoms with Crippen molar-refractivity contribution in [3.05, 3.63) is 74.1 Å². The maximum atomic E-state index is 12.9. The summed E-state index contributed by atoms with van der Waals surface area (Å²) in [5, 5.41) is 3.07. The maximum absolute atomic E-state index is 12.9. The number of carbonyl (C=O) groups excluding carboxylic acids is 3. The second-order valence-corrected chi connectivity index (χ2v) is 10.1. The second kappa shape index (κ2) is 11.6. The molecule has 1 amide bonds. The number of carbonyl (C=O) groups is 3. The molecule has 3 aromatic rings. The van der Waals surface area contributed by atoms with Crippen LogP contribution in [0.3, 0.4) is 0 Å². The molecule has 0 bridgehead atoms. The average Bonchev–Trinajstić information content (AvgIpc) is 3.43. The topological polar surface area (TPSA) is 100 Å². The number of nitrogens with one attached hydrogen (secondary N) is 1. The molecule has 1 aliphatic heterocycles. The molecule has 0 saturated heterocycles. The van der Waals surface area contributed by atoms with Gasteiger partial charge in [0, 0.05) is 9.35 Å².